The van der Waals surface area contributed by atoms with Crippen molar-refractivity contribution in [3.63, 3.8) is 0 Å². The predicted molar refractivity (Wildman–Crippen MR) is 82.8 cm³/mol. The molecule has 0 unspecified atom stereocenters. The van der Waals surface area contributed by atoms with Crippen LogP contribution in [0.2, 0.25) is 0 Å². The largest absolute Gasteiger partial charge is 0.462 e. The second kappa shape index (κ2) is 7.62. The second-order valence-corrected chi connectivity index (χ2v) is 6.45. The van der Waals surface area contributed by atoms with Gasteiger partial charge in [-0.2, -0.15) is 0 Å². The minimum absolute atomic E-state index is 0.531. The first-order chi connectivity index (χ1) is 9.65. The summed E-state index contributed by atoms with van der Waals surface area (Å²) in [6.45, 7) is 9.46. The van der Waals surface area contributed by atoms with Gasteiger partial charge in [0.25, 0.3) is 0 Å². The molecule has 0 bridgehead atoms. The highest BCUT2D eigenvalue weighted by atomic mass is 32.1. The van der Waals surface area contributed by atoms with Crippen molar-refractivity contribution in [2.45, 2.75) is 40.5 Å². The Morgan fingerprint density at radius 3 is 2.90 bits per heavy atom. The first-order valence-electron chi connectivity index (χ1n) is 7.04. The number of thiophene rings is 1. The first kappa shape index (κ1) is 15.3. The third kappa shape index (κ3) is 4.78. The van der Waals surface area contributed by atoms with Gasteiger partial charge < -0.3 is 14.5 Å². The van der Waals surface area contributed by atoms with Crippen LogP contribution >= 0.6 is 11.3 Å². The molecule has 0 spiro atoms. The molecule has 0 aliphatic carbocycles. The molecule has 110 valence electrons. The highest BCUT2D eigenvalue weighted by Gasteiger charge is 2.08. The predicted octanol–water partition coefficient (Wildman–Crippen LogP) is 4.11. The quantitative estimate of drug-likeness (QED) is 0.795. The number of hydrogen-bond donors (Lipinski definition) is 1. The van der Waals surface area contributed by atoms with Crippen LogP contribution in [-0.2, 0) is 24.5 Å². The lowest BCUT2D eigenvalue weighted by Gasteiger charge is -2.06. The number of furan rings is 1. The number of rotatable bonds is 8. The van der Waals surface area contributed by atoms with Crippen LogP contribution in [0.15, 0.2) is 28.0 Å². The van der Waals surface area contributed by atoms with E-state index in [1.54, 1.807) is 11.3 Å². The molecule has 1 N–H and O–H groups in total. The number of hydrogen-bond acceptors (Lipinski definition) is 4. The summed E-state index contributed by atoms with van der Waals surface area (Å²) >= 11 is 1.71. The van der Waals surface area contributed by atoms with E-state index in [1.165, 1.54) is 10.4 Å². The van der Waals surface area contributed by atoms with E-state index in [2.05, 4.69) is 43.6 Å². The van der Waals surface area contributed by atoms with E-state index in [1.807, 2.05) is 6.07 Å². The third-order valence-electron chi connectivity index (χ3n) is 2.98. The van der Waals surface area contributed by atoms with Crippen LogP contribution in [0.1, 0.15) is 35.8 Å². The molecule has 0 aliphatic rings. The van der Waals surface area contributed by atoms with Gasteiger partial charge in [0.2, 0.25) is 0 Å². The van der Waals surface area contributed by atoms with Crippen LogP contribution in [0.5, 0.6) is 0 Å². The zero-order chi connectivity index (χ0) is 14.4. The van der Waals surface area contributed by atoms with Gasteiger partial charge in [0.15, 0.2) is 0 Å². The van der Waals surface area contributed by atoms with E-state index < -0.39 is 0 Å². The molecule has 4 heteroatoms. The van der Waals surface area contributed by atoms with Crippen molar-refractivity contribution in [2.24, 2.45) is 5.92 Å². The topological polar surface area (TPSA) is 34.4 Å². The van der Waals surface area contributed by atoms with Crippen molar-refractivity contribution < 1.29 is 9.15 Å². The van der Waals surface area contributed by atoms with Crippen molar-refractivity contribution in [1.82, 2.24) is 5.32 Å². The van der Waals surface area contributed by atoms with Crippen molar-refractivity contribution in [3.05, 3.63) is 45.5 Å². The molecule has 2 rings (SSSR count). The van der Waals surface area contributed by atoms with Gasteiger partial charge in [-0.1, -0.05) is 19.9 Å². The van der Waals surface area contributed by atoms with Gasteiger partial charge >= 0.3 is 0 Å². The van der Waals surface area contributed by atoms with Crippen LogP contribution in [0.3, 0.4) is 0 Å². The minimum Gasteiger partial charge on any atom is -0.462 e. The summed E-state index contributed by atoms with van der Waals surface area (Å²) in [5.41, 5.74) is 1.19. The number of aryl methyl sites for hydroxylation is 1. The van der Waals surface area contributed by atoms with Gasteiger partial charge in [0.1, 0.15) is 18.1 Å². The Morgan fingerprint density at radius 2 is 2.20 bits per heavy atom. The Bertz CT molecular complexity index is 503. The van der Waals surface area contributed by atoms with Gasteiger partial charge in [0, 0.05) is 4.88 Å². The van der Waals surface area contributed by atoms with E-state index >= 15 is 0 Å². The van der Waals surface area contributed by atoms with Crippen LogP contribution in [0.25, 0.3) is 0 Å². The van der Waals surface area contributed by atoms with Gasteiger partial charge in [-0.15, -0.1) is 11.3 Å². The Kier molecular flexibility index (Phi) is 5.83. The molecule has 3 nitrogen and oxygen atoms in total. The average molecular weight is 293 g/mol. The summed E-state index contributed by atoms with van der Waals surface area (Å²) < 4.78 is 11.5. The lowest BCUT2D eigenvalue weighted by Crippen LogP contribution is -2.18. The van der Waals surface area contributed by atoms with Crippen LogP contribution < -0.4 is 5.32 Å². The van der Waals surface area contributed by atoms with Crippen molar-refractivity contribution in [2.75, 3.05) is 6.54 Å². The molecular formula is C16H23NO2S. The lowest BCUT2D eigenvalue weighted by molar-refractivity contribution is 0.0938. The Balaban J connectivity index is 1.77. The minimum atomic E-state index is 0.531. The van der Waals surface area contributed by atoms with Crippen molar-refractivity contribution >= 4 is 11.3 Å². The van der Waals surface area contributed by atoms with E-state index in [0.717, 1.165) is 24.6 Å². The lowest BCUT2D eigenvalue weighted by atomic mass is 10.2. The molecule has 0 saturated carbocycles. The molecule has 0 saturated heterocycles. The number of ether oxygens (including phenoxy) is 1. The molecule has 2 aromatic rings. The average Bonchev–Trinajstić information content (AvgIpc) is 3.00. The molecule has 0 atom stereocenters. The van der Waals surface area contributed by atoms with Gasteiger partial charge in [-0.05, 0) is 42.5 Å². The summed E-state index contributed by atoms with van der Waals surface area (Å²) in [6, 6.07) is 6.19. The van der Waals surface area contributed by atoms with Crippen LogP contribution in [0, 0.1) is 12.8 Å². The van der Waals surface area contributed by atoms with Crippen molar-refractivity contribution in [3.8, 4) is 0 Å². The normalized spacial score (nSPS) is 11.4. The van der Waals surface area contributed by atoms with Gasteiger partial charge in [0.05, 0.1) is 13.2 Å². The summed E-state index contributed by atoms with van der Waals surface area (Å²) in [7, 11) is 0. The Labute approximate surface area is 125 Å². The molecule has 0 fully saturated rings. The molecule has 0 amide bonds. The summed E-state index contributed by atoms with van der Waals surface area (Å²) in [4.78, 5) is 1.24. The standard InChI is InChI=1S/C16H23NO2S/c1-12(2)8-17-9-16-13(3)7-14(19-16)10-18-11-15-5-4-6-20-15/h4-7,12,17H,8-11H2,1-3H3. The maximum absolute atomic E-state index is 5.83. The summed E-state index contributed by atoms with van der Waals surface area (Å²) in [5.74, 6) is 2.57. The fourth-order valence-corrected chi connectivity index (χ4v) is 2.60. The second-order valence-electron chi connectivity index (χ2n) is 5.42. The maximum Gasteiger partial charge on any atom is 0.130 e. The van der Waals surface area contributed by atoms with E-state index in [9.17, 15) is 0 Å². The SMILES string of the molecule is Cc1cc(COCc2cccs2)oc1CNCC(C)C. The molecule has 0 aromatic carbocycles. The zero-order valence-electron chi connectivity index (χ0n) is 12.4. The van der Waals surface area contributed by atoms with E-state index in [-0.39, 0.29) is 0 Å². The smallest absolute Gasteiger partial charge is 0.130 e. The maximum atomic E-state index is 5.83. The van der Waals surface area contributed by atoms with Gasteiger partial charge in [-0.3, -0.25) is 0 Å². The number of nitrogens with one attached hydrogen (secondary N) is 1. The third-order valence-corrected chi connectivity index (χ3v) is 3.83. The zero-order valence-corrected chi connectivity index (χ0v) is 13.3. The highest BCUT2D eigenvalue weighted by molar-refractivity contribution is 7.09. The monoisotopic (exact) mass is 293 g/mol. The Hall–Kier alpha value is -1.10. The summed E-state index contributed by atoms with van der Waals surface area (Å²) in [6.07, 6.45) is 0. The fraction of sp³-hybridized carbons (Fsp3) is 0.500. The molecular weight excluding hydrogens is 270 g/mol. The van der Waals surface area contributed by atoms with E-state index in [0.29, 0.717) is 19.1 Å². The van der Waals surface area contributed by atoms with Crippen molar-refractivity contribution in [1.29, 1.82) is 0 Å². The molecule has 2 heterocycles. The molecule has 0 radical (unpaired) electrons. The van der Waals surface area contributed by atoms with E-state index in [4.69, 9.17) is 9.15 Å². The fourth-order valence-electron chi connectivity index (χ4n) is 1.96. The van der Waals surface area contributed by atoms with Crippen LogP contribution in [0.4, 0.5) is 0 Å². The molecule has 2 aromatic heterocycles. The van der Waals surface area contributed by atoms with Gasteiger partial charge in [-0.25, -0.2) is 0 Å². The molecule has 20 heavy (non-hydrogen) atoms. The highest BCUT2D eigenvalue weighted by Crippen LogP contribution is 2.17. The summed E-state index contributed by atoms with van der Waals surface area (Å²) in [5, 5.41) is 5.46. The van der Waals surface area contributed by atoms with Crippen LogP contribution in [-0.4, -0.2) is 6.54 Å². The first-order valence-corrected chi connectivity index (χ1v) is 7.92. The Morgan fingerprint density at radius 1 is 1.35 bits per heavy atom. The molecule has 0 aliphatic heterocycles.